The molecule has 10 bridgehead atoms. The topological polar surface area (TPSA) is 175 Å². The molecule has 1 spiro atoms. The van der Waals surface area contributed by atoms with Crippen LogP contribution in [0.5, 0.6) is 23.0 Å². The van der Waals surface area contributed by atoms with Crippen molar-refractivity contribution < 1.29 is 37.4 Å². The van der Waals surface area contributed by atoms with Crippen LogP contribution in [0.4, 0.5) is 5.69 Å². The van der Waals surface area contributed by atoms with Crippen LogP contribution < -0.4 is 34.9 Å². The van der Waals surface area contributed by atoms with Gasteiger partial charge in [0.15, 0.2) is 34.9 Å². The third kappa shape index (κ3) is 4.85. The second-order valence-corrected chi connectivity index (χ2v) is 15.6. The maximum Gasteiger partial charge on any atom is 0.252 e. The second-order valence-electron chi connectivity index (χ2n) is 15.6. The average molecular weight is 791 g/mol. The fourth-order valence-electron chi connectivity index (χ4n) is 9.31. The number of anilines is 1. The number of aromatic amines is 1. The lowest BCUT2D eigenvalue weighted by Crippen LogP contribution is -2.49. The van der Waals surface area contributed by atoms with Crippen molar-refractivity contribution in [1.82, 2.24) is 25.6 Å². The minimum atomic E-state index is -1.08. The molecule has 4 atom stereocenters. The van der Waals surface area contributed by atoms with Crippen molar-refractivity contribution >= 4 is 28.4 Å². The van der Waals surface area contributed by atoms with Gasteiger partial charge in [-0.05, 0) is 41.3 Å². The maximum absolute atomic E-state index is 14.5. The first-order chi connectivity index (χ1) is 28.7. The summed E-state index contributed by atoms with van der Waals surface area (Å²) in [7, 11) is 4.45. The number of para-hydroxylation sites is 1. The molecule has 0 radical (unpaired) electrons. The molecule has 0 fully saturated rings. The Kier molecular flexibility index (Phi) is 7.49. The van der Waals surface area contributed by atoms with Crippen molar-refractivity contribution in [3.05, 3.63) is 113 Å². The molecular weight excluding hydrogens is 753 g/mol. The Labute approximate surface area is 337 Å². The number of rotatable bonds is 6. The summed E-state index contributed by atoms with van der Waals surface area (Å²) in [4.78, 5) is 42.0. The van der Waals surface area contributed by atoms with Crippen LogP contribution in [-0.4, -0.2) is 60.4 Å². The first-order valence-corrected chi connectivity index (χ1v) is 19.4. The molecule has 0 saturated carbocycles. The van der Waals surface area contributed by atoms with Crippen molar-refractivity contribution in [3.8, 4) is 57.0 Å². The van der Waals surface area contributed by atoms with Crippen molar-refractivity contribution in [1.29, 1.82) is 0 Å². The number of hydrogen-bond donors (Lipinski definition) is 4. The van der Waals surface area contributed by atoms with E-state index in [1.807, 2.05) is 50.4 Å². The number of nitrogens with one attached hydrogen (secondary N) is 4. The molecule has 296 valence electrons. The van der Waals surface area contributed by atoms with Gasteiger partial charge in [-0.1, -0.05) is 56.3 Å². The lowest BCUT2D eigenvalue weighted by atomic mass is 9.72. The molecule has 0 aliphatic carbocycles. The van der Waals surface area contributed by atoms with Crippen molar-refractivity contribution in [2.45, 2.75) is 44.0 Å². The van der Waals surface area contributed by atoms with Crippen molar-refractivity contribution in [2.24, 2.45) is 5.92 Å². The molecule has 7 aromatic rings. The number of benzene rings is 4. The number of oxazole rings is 2. The first kappa shape index (κ1) is 35.0. The van der Waals surface area contributed by atoms with Crippen LogP contribution in [0.3, 0.4) is 0 Å². The van der Waals surface area contributed by atoms with Gasteiger partial charge in [0.05, 0.1) is 27.5 Å². The smallest absolute Gasteiger partial charge is 0.252 e. The Balaban J connectivity index is 1.13. The van der Waals surface area contributed by atoms with E-state index in [4.69, 9.17) is 37.7 Å². The van der Waals surface area contributed by atoms with Crippen molar-refractivity contribution in [3.63, 3.8) is 0 Å². The Morgan fingerprint density at radius 2 is 1.71 bits per heavy atom. The zero-order chi connectivity index (χ0) is 40.3. The van der Waals surface area contributed by atoms with E-state index >= 15 is 0 Å². The number of aromatic nitrogens is 3. The van der Waals surface area contributed by atoms with E-state index in [0.29, 0.717) is 40.2 Å². The normalized spacial score (nSPS) is 20.4. The summed E-state index contributed by atoms with van der Waals surface area (Å²) in [5.74, 6) is 2.04. The molecule has 4 N–H and O–H groups in total. The summed E-state index contributed by atoms with van der Waals surface area (Å²) in [6.45, 7) is 3.95. The molecule has 2 amide bonds. The maximum atomic E-state index is 14.5. The predicted octanol–water partition coefficient (Wildman–Crippen LogP) is 7.13. The van der Waals surface area contributed by atoms with Crippen LogP contribution in [0, 0.1) is 5.92 Å². The van der Waals surface area contributed by atoms with Gasteiger partial charge in [-0.3, -0.25) is 9.59 Å². The first-order valence-electron chi connectivity index (χ1n) is 19.4. The fraction of sp³-hybridized carbons (Fsp3) is 0.244. The number of amides is 2. The molecule has 4 aromatic carbocycles. The third-order valence-corrected chi connectivity index (χ3v) is 12.1. The fourth-order valence-corrected chi connectivity index (χ4v) is 9.31. The van der Waals surface area contributed by atoms with Gasteiger partial charge in [0.2, 0.25) is 23.4 Å². The lowest BCUT2D eigenvalue weighted by Gasteiger charge is -2.29. The molecule has 59 heavy (non-hydrogen) atoms. The van der Waals surface area contributed by atoms with Gasteiger partial charge < -0.3 is 48.7 Å². The average Bonchev–Trinajstić information content (AvgIpc) is 4.08. The molecule has 1 unspecified atom stereocenters. The van der Waals surface area contributed by atoms with Gasteiger partial charge in [0, 0.05) is 57.0 Å². The molecule has 3 aromatic heterocycles. The molecular formula is C45H38N6O8. The Morgan fingerprint density at radius 1 is 0.915 bits per heavy atom. The molecule has 4 aliphatic rings. The highest BCUT2D eigenvalue weighted by Gasteiger charge is 2.61. The molecule has 14 heteroatoms. The minimum absolute atomic E-state index is 0.155. The van der Waals surface area contributed by atoms with Crippen LogP contribution in [0.25, 0.3) is 44.9 Å². The van der Waals surface area contributed by atoms with Gasteiger partial charge >= 0.3 is 0 Å². The number of methoxy groups -OCH3 is 3. The SMILES string of the molecule is COc1cc(C(=O)N[C@H]2Cc3ccc4c(c3)[C@]35c6cccc(c6NC3O4)-c3cccc4[nH]cc(c34)-c3cnc(o3)-c3nc(oc35)[C@H](C(C)C)NC2=O)cc(OC)c1OC. The van der Waals surface area contributed by atoms with Gasteiger partial charge in [-0.25, -0.2) is 9.97 Å². The van der Waals surface area contributed by atoms with Gasteiger partial charge in [-0.15, -0.1) is 0 Å². The summed E-state index contributed by atoms with van der Waals surface area (Å²) in [6.07, 6.45) is 3.14. The summed E-state index contributed by atoms with van der Waals surface area (Å²) >= 11 is 0. The Bertz CT molecular complexity index is 2880. The standard InChI is InChI=1S/C45H38N6O8/c1-20(2)35-43-50-37-39(59-43)45-26-10-6-9-24(23-8-7-11-28-34(23)25(18-46-28)33-19-47-42(37)57-33)36(26)51-44(45)58-30-13-12-21(14-27(30)45)15-29(41(53)49-35)48-40(52)22-16-31(54-3)38(56-5)32(17-22)55-4/h6-14,16-20,29,35,44,46,51H,15H2,1-5H3,(H,48,52)(H,49,53)/t29-,35-,44?,45-/m0/s1. The molecule has 11 rings (SSSR count). The van der Waals surface area contributed by atoms with E-state index in [1.54, 1.807) is 18.3 Å². The highest BCUT2D eigenvalue weighted by atomic mass is 16.5. The lowest BCUT2D eigenvalue weighted by molar-refractivity contribution is -0.124. The monoisotopic (exact) mass is 790 g/mol. The van der Waals surface area contributed by atoms with E-state index in [0.717, 1.165) is 50.0 Å². The number of nitrogens with zero attached hydrogens (tertiary/aromatic N) is 2. The van der Waals surface area contributed by atoms with Crippen LogP contribution in [0.2, 0.25) is 0 Å². The van der Waals surface area contributed by atoms with Gasteiger partial charge in [-0.2, -0.15) is 0 Å². The zero-order valence-corrected chi connectivity index (χ0v) is 32.7. The van der Waals surface area contributed by atoms with Gasteiger partial charge in [0.1, 0.15) is 23.2 Å². The minimum Gasteiger partial charge on any atom is -0.493 e. The largest absolute Gasteiger partial charge is 0.493 e. The number of ether oxygens (including phenoxy) is 4. The molecule has 14 nitrogen and oxygen atoms in total. The summed E-state index contributed by atoms with van der Waals surface area (Å²) in [6, 6.07) is 19.7. The van der Waals surface area contributed by atoms with Gasteiger partial charge in [0.25, 0.3) is 5.91 Å². The second kappa shape index (κ2) is 12.6. The van der Waals surface area contributed by atoms with Crippen LogP contribution >= 0.6 is 0 Å². The van der Waals surface area contributed by atoms with E-state index in [1.165, 1.54) is 21.3 Å². The van der Waals surface area contributed by atoms with E-state index < -0.39 is 35.5 Å². The predicted molar refractivity (Wildman–Crippen MR) is 216 cm³/mol. The molecule has 7 heterocycles. The highest BCUT2D eigenvalue weighted by Crippen LogP contribution is 2.61. The zero-order valence-electron chi connectivity index (χ0n) is 32.7. The number of carbonyl (C=O) groups excluding carboxylic acids is 2. The van der Waals surface area contributed by atoms with E-state index in [9.17, 15) is 9.59 Å². The van der Waals surface area contributed by atoms with Crippen molar-refractivity contribution in [2.75, 3.05) is 26.6 Å². The van der Waals surface area contributed by atoms with Crippen LogP contribution in [0.1, 0.15) is 58.6 Å². The van der Waals surface area contributed by atoms with Crippen LogP contribution in [0.15, 0.2) is 88.0 Å². The summed E-state index contributed by atoms with van der Waals surface area (Å²) in [5, 5.41) is 11.0. The highest BCUT2D eigenvalue weighted by molar-refractivity contribution is 6.07. The number of carbonyl (C=O) groups is 2. The molecule has 4 aliphatic heterocycles. The Hall–Kier alpha value is -7.22. The summed E-state index contributed by atoms with van der Waals surface area (Å²) in [5.41, 5.74) is 6.75. The third-order valence-electron chi connectivity index (χ3n) is 12.1. The van der Waals surface area contributed by atoms with E-state index in [2.05, 4.69) is 45.2 Å². The molecule has 0 saturated heterocycles. The summed E-state index contributed by atoms with van der Waals surface area (Å²) < 4.78 is 37.1. The Morgan fingerprint density at radius 3 is 2.49 bits per heavy atom. The van der Waals surface area contributed by atoms with Crippen LogP contribution in [-0.2, 0) is 16.6 Å². The quantitative estimate of drug-likeness (QED) is 0.135. The van der Waals surface area contributed by atoms with E-state index in [-0.39, 0.29) is 29.7 Å². The number of fused-ring (bicyclic) bond motifs is 7. The number of H-pyrrole nitrogens is 1. The number of hydrogen-bond acceptors (Lipinski definition) is 11.